The van der Waals surface area contributed by atoms with E-state index in [9.17, 15) is 13.2 Å². The van der Waals surface area contributed by atoms with Crippen molar-refractivity contribution in [1.82, 2.24) is 0 Å². The number of alkyl halides is 3. The van der Waals surface area contributed by atoms with E-state index in [4.69, 9.17) is 11.5 Å². The first-order chi connectivity index (χ1) is 6.32. The number of nitrogens with two attached hydrogens (primary N) is 2. The van der Waals surface area contributed by atoms with E-state index in [1.54, 1.807) is 6.92 Å². The van der Waals surface area contributed by atoms with Crippen molar-refractivity contribution in [2.75, 3.05) is 5.73 Å². The van der Waals surface area contributed by atoms with Gasteiger partial charge >= 0.3 is 6.18 Å². The minimum absolute atomic E-state index is 0.0618. The fourth-order valence-electron chi connectivity index (χ4n) is 1.22. The Morgan fingerprint density at radius 2 is 1.86 bits per heavy atom. The fraction of sp³-hybridized carbons (Fsp3) is 0.333. The molecule has 0 heterocycles. The third-order valence-electron chi connectivity index (χ3n) is 1.98. The van der Waals surface area contributed by atoms with Crippen LogP contribution in [0, 0.1) is 6.92 Å². The Kier molecular flexibility index (Phi) is 2.71. The Morgan fingerprint density at radius 3 is 2.29 bits per heavy atom. The minimum Gasteiger partial charge on any atom is -0.399 e. The minimum atomic E-state index is -4.42. The van der Waals surface area contributed by atoms with Crippen molar-refractivity contribution in [3.05, 3.63) is 29.3 Å². The van der Waals surface area contributed by atoms with Crippen LogP contribution in [0.1, 0.15) is 17.2 Å². The van der Waals surface area contributed by atoms with E-state index in [0.717, 1.165) is 0 Å². The molecule has 0 fully saturated rings. The Labute approximate surface area is 79.7 Å². The lowest BCUT2D eigenvalue weighted by Gasteiger charge is -2.18. The van der Waals surface area contributed by atoms with Gasteiger partial charge in [-0.05, 0) is 30.2 Å². The van der Waals surface area contributed by atoms with Crippen LogP contribution in [0.4, 0.5) is 18.9 Å². The van der Waals surface area contributed by atoms with Gasteiger partial charge in [-0.2, -0.15) is 13.2 Å². The Balaban J connectivity index is 3.08. The monoisotopic (exact) mass is 204 g/mol. The maximum Gasteiger partial charge on any atom is 0.407 e. The highest BCUT2D eigenvalue weighted by Crippen LogP contribution is 2.32. The highest BCUT2D eigenvalue weighted by Gasteiger charge is 2.38. The van der Waals surface area contributed by atoms with E-state index in [-0.39, 0.29) is 5.56 Å². The third kappa shape index (κ3) is 2.17. The summed E-state index contributed by atoms with van der Waals surface area (Å²) in [5, 5.41) is 0. The zero-order valence-electron chi connectivity index (χ0n) is 7.60. The quantitative estimate of drug-likeness (QED) is 0.688. The first-order valence-electron chi connectivity index (χ1n) is 4.00. The van der Waals surface area contributed by atoms with E-state index in [0.29, 0.717) is 11.3 Å². The van der Waals surface area contributed by atoms with Crippen molar-refractivity contribution in [2.45, 2.75) is 19.1 Å². The highest BCUT2D eigenvalue weighted by molar-refractivity contribution is 5.45. The number of hydrogen-bond acceptors (Lipinski definition) is 2. The number of rotatable bonds is 1. The van der Waals surface area contributed by atoms with Gasteiger partial charge in [0.15, 0.2) is 0 Å². The molecule has 0 spiro atoms. The largest absolute Gasteiger partial charge is 0.407 e. The summed E-state index contributed by atoms with van der Waals surface area (Å²) in [6.45, 7) is 1.55. The normalized spacial score (nSPS) is 14.1. The maximum absolute atomic E-state index is 12.3. The molecule has 0 radical (unpaired) electrons. The molecule has 0 aliphatic rings. The van der Waals surface area contributed by atoms with Crippen molar-refractivity contribution in [3.8, 4) is 0 Å². The van der Waals surface area contributed by atoms with Gasteiger partial charge in [-0.25, -0.2) is 0 Å². The topological polar surface area (TPSA) is 52.0 Å². The molecule has 0 aromatic heterocycles. The van der Waals surface area contributed by atoms with Gasteiger partial charge in [0.1, 0.15) is 6.04 Å². The number of halogens is 3. The Hall–Kier alpha value is -1.23. The summed E-state index contributed by atoms with van der Waals surface area (Å²) < 4.78 is 36.8. The van der Waals surface area contributed by atoms with Crippen LogP contribution in [0.25, 0.3) is 0 Å². The van der Waals surface area contributed by atoms with Gasteiger partial charge in [0, 0.05) is 5.69 Å². The zero-order valence-corrected chi connectivity index (χ0v) is 7.60. The summed E-state index contributed by atoms with van der Waals surface area (Å²) in [5.41, 5.74) is 11.4. The zero-order chi connectivity index (χ0) is 10.9. The lowest BCUT2D eigenvalue weighted by atomic mass is 10.0. The number of anilines is 1. The van der Waals surface area contributed by atoms with Gasteiger partial charge < -0.3 is 11.5 Å². The van der Waals surface area contributed by atoms with Crippen molar-refractivity contribution >= 4 is 5.69 Å². The standard InChI is InChI=1S/C9H11F3N2/c1-5-4-6(13)2-3-7(5)8(14)9(10,11)12/h2-4,8H,13-14H2,1H3. The average molecular weight is 204 g/mol. The molecule has 14 heavy (non-hydrogen) atoms. The number of aryl methyl sites for hydroxylation is 1. The van der Waals surface area contributed by atoms with Gasteiger partial charge in [-0.3, -0.25) is 0 Å². The van der Waals surface area contributed by atoms with Crippen LogP contribution in [0.15, 0.2) is 18.2 Å². The third-order valence-corrected chi connectivity index (χ3v) is 1.98. The van der Waals surface area contributed by atoms with Gasteiger partial charge in [0.25, 0.3) is 0 Å². The molecule has 1 atom stereocenters. The molecule has 2 nitrogen and oxygen atoms in total. The molecule has 4 N–H and O–H groups in total. The van der Waals surface area contributed by atoms with Crippen LogP contribution in [0.3, 0.4) is 0 Å². The SMILES string of the molecule is Cc1cc(N)ccc1C(N)C(F)(F)F. The first-order valence-corrected chi connectivity index (χ1v) is 4.00. The van der Waals surface area contributed by atoms with Crippen molar-refractivity contribution in [1.29, 1.82) is 0 Å². The van der Waals surface area contributed by atoms with Crippen LogP contribution in [-0.2, 0) is 0 Å². The van der Waals surface area contributed by atoms with E-state index >= 15 is 0 Å². The van der Waals surface area contributed by atoms with E-state index < -0.39 is 12.2 Å². The lowest BCUT2D eigenvalue weighted by Crippen LogP contribution is -2.29. The molecular formula is C9H11F3N2. The summed E-state index contributed by atoms with van der Waals surface area (Å²) in [4.78, 5) is 0. The smallest absolute Gasteiger partial charge is 0.399 e. The van der Waals surface area contributed by atoms with Gasteiger partial charge in [-0.15, -0.1) is 0 Å². The fourth-order valence-corrected chi connectivity index (χ4v) is 1.22. The molecule has 0 amide bonds. The molecule has 0 bridgehead atoms. The average Bonchev–Trinajstić information content (AvgIpc) is 2.01. The molecule has 78 valence electrons. The Bertz CT molecular complexity index is 333. The second-order valence-corrected chi connectivity index (χ2v) is 3.14. The summed E-state index contributed by atoms with van der Waals surface area (Å²) in [6.07, 6.45) is -4.42. The van der Waals surface area contributed by atoms with E-state index in [2.05, 4.69) is 0 Å². The van der Waals surface area contributed by atoms with Crippen LogP contribution < -0.4 is 11.5 Å². The molecular weight excluding hydrogens is 193 g/mol. The second-order valence-electron chi connectivity index (χ2n) is 3.14. The maximum atomic E-state index is 12.3. The van der Waals surface area contributed by atoms with Crippen LogP contribution in [0.5, 0.6) is 0 Å². The van der Waals surface area contributed by atoms with Crippen molar-refractivity contribution in [3.63, 3.8) is 0 Å². The lowest BCUT2D eigenvalue weighted by molar-refractivity contribution is -0.149. The van der Waals surface area contributed by atoms with E-state index in [1.165, 1.54) is 18.2 Å². The van der Waals surface area contributed by atoms with Gasteiger partial charge in [0.2, 0.25) is 0 Å². The van der Waals surface area contributed by atoms with Crippen molar-refractivity contribution in [2.24, 2.45) is 5.73 Å². The second kappa shape index (κ2) is 3.49. The molecule has 1 aromatic rings. The summed E-state index contributed by atoms with van der Waals surface area (Å²) >= 11 is 0. The summed E-state index contributed by atoms with van der Waals surface area (Å²) in [5.74, 6) is 0. The predicted molar refractivity (Wildman–Crippen MR) is 48.6 cm³/mol. The number of hydrogen-bond donors (Lipinski definition) is 2. The molecule has 0 aliphatic heterocycles. The molecule has 1 unspecified atom stereocenters. The number of benzene rings is 1. The summed E-state index contributed by atoms with van der Waals surface area (Å²) in [6, 6.07) is 2.25. The molecule has 0 saturated heterocycles. The molecule has 1 rings (SSSR count). The van der Waals surface area contributed by atoms with Crippen LogP contribution in [-0.4, -0.2) is 6.18 Å². The molecule has 0 aliphatic carbocycles. The number of nitrogen functional groups attached to an aromatic ring is 1. The first kappa shape index (κ1) is 10.8. The molecule has 5 heteroatoms. The highest BCUT2D eigenvalue weighted by atomic mass is 19.4. The van der Waals surface area contributed by atoms with Gasteiger partial charge in [0.05, 0.1) is 0 Å². The van der Waals surface area contributed by atoms with Crippen LogP contribution >= 0.6 is 0 Å². The van der Waals surface area contributed by atoms with Crippen molar-refractivity contribution < 1.29 is 13.2 Å². The Morgan fingerprint density at radius 1 is 1.29 bits per heavy atom. The predicted octanol–water partition coefficient (Wildman–Crippen LogP) is 2.14. The molecule has 0 saturated carbocycles. The van der Waals surface area contributed by atoms with Gasteiger partial charge in [-0.1, -0.05) is 6.07 Å². The van der Waals surface area contributed by atoms with E-state index in [1.807, 2.05) is 0 Å². The summed E-state index contributed by atoms with van der Waals surface area (Å²) in [7, 11) is 0. The van der Waals surface area contributed by atoms with Crippen LogP contribution in [0.2, 0.25) is 0 Å². The molecule has 1 aromatic carbocycles.